The fourth-order valence-corrected chi connectivity index (χ4v) is 2.49. The predicted molar refractivity (Wildman–Crippen MR) is 61.5 cm³/mol. The van der Waals surface area contributed by atoms with Gasteiger partial charge in [-0.2, -0.15) is 0 Å². The van der Waals surface area contributed by atoms with Crippen molar-refractivity contribution in [1.82, 2.24) is 0 Å². The Balaban J connectivity index is 1.97. The first-order valence-corrected chi connectivity index (χ1v) is 5.85. The van der Waals surface area contributed by atoms with Crippen molar-refractivity contribution in [1.29, 1.82) is 0 Å². The summed E-state index contributed by atoms with van der Waals surface area (Å²) in [6, 6.07) is 6.13. The van der Waals surface area contributed by atoms with E-state index in [0.29, 0.717) is 5.25 Å². The van der Waals surface area contributed by atoms with Crippen LogP contribution in [-0.4, -0.2) is 18.5 Å². The average Bonchev–Trinajstić information content (AvgIpc) is 2.09. The smallest absolute Gasteiger partial charge is 0.0608 e. The zero-order valence-electron chi connectivity index (χ0n) is 8.32. The number of ether oxygens (including phenoxy) is 1. The molecule has 2 rings (SSSR count). The molecule has 0 aliphatic carbocycles. The highest BCUT2D eigenvalue weighted by atomic mass is 32.2. The van der Waals surface area contributed by atoms with Crippen LogP contribution in [0.15, 0.2) is 18.2 Å². The van der Waals surface area contributed by atoms with E-state index in [2.05, 4.69) is 13.0 Å². The number of thioether (sulfide) groups is 1. The second kappa shape index (κ2) is 4.24. The average molecular weight is 209 g/mol. The third-order valence-corrected chi connectivity index (χ3v) is 3.79. The van der Waals surface area contributed by atoms with Gasteiger partial charge >= 0.3 is 0 Å². The normalized spacial score (nSPS) is 16.6. The number of hydrogen-bond donors (Lipinski definition) is 1. The molecule has 0 saturated carbocycles. The van der Waals surface area contributed by atoms with Gasteiger partial charge in [-0.15, -0.1) is 11.8 Å². The van der Waals surface area contributed by atoms with Crippen molar-refractivity contribution in [3.05, 3.63) is 29.3 Å². The second-order valence-electron chi connectivity index (χ2n) is 3.60. The molecule has 1 fully saturated rings. The molecule has 1 heterocycles. The van der Waals surface area contributed by atoms with Crippen molar-refractivity contribution in [2.45, 2.75) is 17.9 Å². The topological polar surface area (TPSA) is 35.2 Å². The summed E-state index contributed by atoms with van der Waals surface area (Å²) >= 11 is 1.96. The molecule has 76 valence electrons. The molecule has 0 bridgehead atoms. The highest BCUT2D eigenvalue weighted by Crippen LogP contribution is 2.26. The quantitative estimate of drug-likeness (QED) is 0.775. The molecule has 2 N–H and O–H groups in total. The number of benzene rings is 1. The van der Waals surface area contributed by atoms with Crippen LogP contribution in [0.2, 0.25) is 0 Å². The van der Waals surface area contributed by atoms with Crippen LogP contribution in [0.3, 0.4) is 0 Å². The summed E-state index contributed by atoms with van der Waals surface area (Å²) in [7, 11) is 0. The van der Waals surface area contributed by atoms with E-state index >= 15 is 0 Å². The molecule has 1 aliphatic rings. The maximum atomic E-state index is 5.84. The van der Waals surface area contributed by atoms with Crippen LogP contribution in [0.25, 0.3) is 0 Å². The van der Waals surface area contributed by atoms with Gasteiger partial charge in [0, 0.05) is 11.4 Å². The van der Waals surface area contributed by atoms with Crippen molar-refractivity contribution >= 4 is 17.4 Å². The van der Waals surface area contributed by atoms with Crippen molar-refractivity contribution in [2.75, 3.05) is 18.9 Å². The summed E-state index contributed by atoms with van der Waals surface area (Å²) in [5.41, 5.74) is 9.31. The number of anilines is 1. The van der Waals surface area contributed by atoms with E-state index in [4.69, 9.17) is 10.5 Å². The van der Waals surface area contributed by atoms with Crippen LogP contribution in [-0.2, 0) is 10.5 Å². The lowest BCUT2D eigenvalue weighted by atomic mass is 10.1. The van der Waals surface area contributed by atoms with Gasteiger partial charge in [-0.25, -0.2) is 0 Å². The molecule has 0 spiro atoms. The van der Waals surface area contributed by atoms with Gasteiger partial charge < -0.3 is 10.5 Å². The van der Waals surface area contributed by atoms with Crippen LogP contribution in [0, 0.1) is 6.92 Å². The van der Waals surface area contributed by atoms with E-state index in [9.17, 15) is 0 Å². The Bertz CT molecular complexity index is 323. The lowest BCUT2D eigenvalue weighted by Crippen LogP contribution is -2.30. The Morgan fingerprint density at radius 3 is 2.93 bits per heavy atom. The fraction of sp³-hybridized carbons (Fsp3) is 0.455. The highest BCUT2D eigenvalue weighted by Gasteiger charge is 2.18. The van der Waals surface area contributed by atoms with E-state index < -0.39 is 0 Å². The minimum absolute atomic E-state index is 0.691. The first-order chi connectivity index (χ1) is 6.77. The molecule has 0 aromatic heterocycles. The molecule has 0 radical (unpaired) electrons. The third-order valence-electron chi connectivity index (χ3n) is 2.57. The van der Waals surface area contributed by atoms with Crippen molar-refractivity contribution in [2.24, 2.45) is 0 Å². The molecule has 2 nitrogen and oxygen atoms in total. The molecule has 1 aliphatic heterocycles. The first kappa shape index (κ1) is 9.87. The highest BCUT2D eigenvalue weighted by molar-refractivity contribution is 7.99. The Hall–Kier alpha value is -0.670. The molecule has 0 amide bonds. The van der Waals surface area contributed by atoms with Crippen molar-refractivity contribution in [3.8, 4) is 0 Å². The minimum Gasteiger partial charge on any atom is -0.399 e. The lowest BCUT2D eigenvalue weighted by Gasteiger charge is -2.25. The summed E-state index contributed by atoms with van der Waals surface area (Å²) in [5.74, 6) is 1.05. The van der Waals surface area contributed by atoms with Crippen molar-refractivity contribution in [3.63, 3.8) is 0 Å². The van der Waals surface area contributed by atoms with Gasteiger partial charge in [0.05, 0.1) is 18.5 Å². The monoisotopic (exact) mass is 209 g/mol. The molecule has 0 atom stereocenters. The minimum atomic E-state index is 0.691. The summed E-state index contributed by atoms with van der Waals surface area (Å²) in [6.07, 6.45) is 0. The number of nitrogens with two attached hydrogens (primary N) is 1. The Morgan fingerprint density at radius 1 is 1.50 bits per heavy atom. The molecular weight excluding hydrogens is 194 g/mol. The van der Waals surface area contributed by atoms with Crippen molar-refractivity contribution < 1.29 is 4.74 Å². The summed E-state index contributed by atoms with van der Waals surface area (Å²) in [6.45, 7) is 3.90. The van der Waals surface area contributed by atoms with Crippen LogP contribution >= 0.6 is 11.8 Å². The van der Waals surface area contributed by atoms with E-state index in [1.54, 1.807) is 0 Å². The molecule has 1 saturated heterocycles. The Labute approximate surface area is 88.8 Å². The van der Waals surface area contributed by atoms with E-state index in [-0.39, 0.29) is 0 Å². The molecular formula is C11H15NOS. The Morgan fingerprint density at radius 2 is 2.29 bits per heavy atom. The molecule has 14 heavy (non-hydrogen) atoms. The fourth-order valence-electron chi connectivity index (χ4n) is 1.38. The van der Waals surface area contributed by atoms with E-state index in [1.165, 1.54) is 11.1 Å². The zero-order chi connectivity index (χ0) is 9.97. The molecule has 1 aromatic rings. The standard InChI is InChI=1S/C11H15NOS/c1-8-9(3-2-4-11(8)12)7-14-10-5-13-6-10/h2-4,10H,5-7,12H2,1H3. The van der Waals surface area contributed by atoms with Gasteiger partial charge in [0.15, 0.2) is 0 Å². The third kappa shape index (κ3) is 2.04. The van der Waals surface area contributed by atoms with Crippen LogP contribution in [0.1, 0.15) is 11.1 Å². The number of hydrogen-bond acceptors (Lipinski definition) is 3. The summed E-state index contributed by atoms with van der Waals surface area (Å²) in [4.78, 5) is 0. The van der Waals surface area contributed by atoms with Crippen LogP contribution in [0.5, 0.6) is 0 Å². The second-order valence-corrected chi connectivity index (χ2v) is 4.89. The van der Waals surface area contributed by atoms with Gasteiger partial charge in [-0.1, -0.05) is 12.1 Å². The maximum absolute atomic E-state index is 5.84. The molecule has 1 aromatic carbocycles. The van der Waals surface area contributed by atoms with Crippen LogP contribution < -0.4 is 5.73 Å². The SMILES string of the molecule is Cc1c(N)cccc1CSC1COC1. The maximum Gasteiger partial charge on any atom is 0.0608 e. The van der Waals surface area contributed by atoms with Crippen LogP contribution in [0.4, 0.5) is 5.69 Å². The van der Waals surface area contributed by atoms with E-state index in [0.717, 1.165) is 24.7 Å². The van der Waals surface area contributed by atoms with Gasteiger partial charge in [0.1, 0.15) is 0 Å². The number of rotatable bonds is 3. The molecule has 0 unspecified atom stereocenters. The first-order valence-electron chi connectivity index (χ1n) is 4.80. The van der Waals surface area contributed by atoms with Gasteiger partial charge in [-0.05, 0) is 24.1 Å². The number of nitrogen functional groups attached to an aromatic ring is 1. The largest absolute Gasteiger partial charge is 0.399 e. The van der Waals surface area contributed by atoms with Gasteiger partial charge in [-0.3, -0.25) is 0 Å². The Kier molecular flexibility index (Phi) is 2.99. The van der Waals surface area contributed by atoms with Gasteiger partial charge in [0.2, 0.25) is 0 Å². The summed E-state index contributed by atoms with van der Waals surface area (Å²) in [5, 5.41) is 0.691. The summed E-state index contributed by atoms with van der Waals surface area (Å²) < 4.78 is 5.13. The lowest BCUT2D eigenvalue weighted by molar-refractivity contribution is 0.0455. The molecule has 3 heteroatoms. The zero-order valence-corrected chi connectivity index (χ0v) is 9.14. The van der Waals surface area contributed by atoms with E-state index in [1.807, 2.05) is 23.9 Å². The van der Waals surface area contributed by atoms with Gasteiger partial charge in [0.25, 0.3) is 0 Å². The predicted octanol–water partition coefficient (Wildman–Crippen LogP) is 2.21.